The average Bonchev–Trinajstić information content (AvgIpc) is 3.62. The van der Waals surface area contributed by atoms with E-state index in [2.05, 4.69) is 39.6 Å². The number of aryl methyl sites for hydroxylation is 1. The van der Waals surface area contributed by atoms with Crippen molar-refractivity contribution in [2.45, 2.75) is 19.9 Å². The highest BCUT2D eigenvalue weighted by Gasteiger charge is 2.28. The molecule has 1 aliphatic heterocycles. The van der Waals surface area contributed by atoms with Gasteiger partial charge in [0, 0.05) is 80.9 Å². The van der Waals surface area contributed by atoms with Crippen LogP contribution in [0.4, 0.5) is 11.4 Å². The number of carbonyl (C=O) groups is 1. The number of nitrogens with zero attached hydrogens (tertiary/aromatic N) is 2. The minimum absolute atomic E-state index is 0.0285. The van der Waals surface area contributed by atoms with Crippen molar-refractivity contribution in [1.82, 2.24) is 20.3 Å². The fourth-order valence-corrected chi connectivity index (χ4v) is 6.66. The number of hydrogen-bond acceptors (Lipinski definition) is 8. The first kappa shape index (κ1) is 35.0. The number of aromatic hydroxyl groups is 1. The van der Waals surface area contributed by atoms with Crippen LogP contribution >= 0.6 is 11.6 Å². The molecule has 3 heterocycles. The van der Waals surface area contributed by atoms with E-state index in [9.17, 15) is 9.90 Å². The Labute approximate surface area is 312 Å². The molecule has 264 valence electrons. The Bertz CT molecular complexity index is 2430. The number of hydrogen-bond donors (Lipinski definition) is 5. The number of halogens is 1. The summed E-state index contributed by atoms with van der Waals surface area (Å²) in [5.41, 5.74) is 24.5. The van der Waals surface area contributed by atoms with Gasteiger partial charge in [-0.05, 0) is 74.0 Å². The smallest absolute Gasteiger partial charge is 0.150 e. The van der Waals surface area contributed by atoms with Crippen LogP contribution in [-0.4, -0.2) is 33.4 Å². The van der Waals surface area contributed by atoms with E-state index in [1.54, 1.807) is 36.7 Å². The number of aldehydes is 1. The van der Waals surface area contributed by atoms with Gasteiger partial charge in [0.05, 0.1) is 16.4 Å². The average molecular weight is 721 g/mol. The van der Waals surface area contributed by atoms with Crippen LogP contribution < -0.4 is 21.5 Å². The number of H-pyrrole nitrogens is 1. The van der Waals surface area contributed by atoms with Crippen molar-refractivity contribution in [3.8, 4) is 45.4 Å². The maximum atomic E-state index is 11.0. The number of aromatic nitrogens is 3. The molecule has 2 aliphatic rings. The van der Waals surface area contributed by atoms with E-state index in [4.69, 9.17) is 32.8 Å². The maximum Gasteiger partial charge on any atom is 0.150 e. The standard InChI is InChI=1S/C22H19ClN4O.C21H18N2O2/c1-24-13-14-2-4-16(5-3-14)22-26-20(15-8-10-25-11-9-15)21(27-22)17-6-7-18(23)19(28)12-17;1-12-8-14(22)10-19-20(12)21(16-4-2-3-5-18(16)25-19)15-7-6-13(11-24)9-17(15)23/h2-12,24,28H,13H2,1H3,(H,26,27);2,4-11H,3,22-23H2,1H3. The number of nitrogens with two attached hydrogens (primary N) is 2. The number of phenols is 1. The first-order chi connectivity index (χ1) is 25.7. The number of fused-ring (bicyclic) bond motifs is 2. The van der Waals surface area contributed by atoms with Gasteiger partial charge in [-0.25, -0.2) is 4.98 Å². The maximum absolute atomic E-state index is 11.0. The van der Waals surface area contributed by atoms with Gasteiger partial charge in [-0.15, -0.1) is 0 Å². The lowest BCUT2D eigenvalue weighted by Gasteiger charge is -2.28. The highest BCUT2D eigenvalue weighted by atomic mass is 35.5. The third-order valence-electron chi connectivity index (χ3n) is 9.03. The highest BCUT2D eigenvalue weighted by molar-refractivity contribution is 6.32. The number of aromatic amines is 1. The normalized spacial score (nSPS) is 12.9. The lowest BCUT2D eigenvalue weighted by atomic mass is 9.84. The topological polar surface area (TPSA) is 152 Å². The number of pyridine rings is 1. The largest absolute Gasteiger partial charge is 0.506 e. The van der Waals surface area contributed by atoms with Gasteiger partial charge in [-0.3, -0.25) is 9.78 Å². The van der Waals surface area contributed by atoms with Gasteiger partial charge in [0.15, 0.2) is 0 Å². The predicted molar refractivity (Wildman–Crippen MR) is 212 cm³/mol. The molecule has 1 aliphatic carbocycles. The molecule has 0 saturated carbocycles. The summed E-state index contributed by atoms with van der Waals surface area (Å²) >= 11 is 5.97. The Balaban J connectivity index is 0.000000165. The van der Waals surface area contributed by atoms with Crippen LogP contribution in [0.2, 0.25) is 5.02 Å². The van der Waals surface area contributed by atoms with Crippen molar-refractivity contribution in [3.63, 3.8) is 0 Å². The molecular weight excluding hydrogens is 684 g/mol. The molecule has 0 fully saturated rings. The molecule has 0 radical (unpaired) electrons. The Kier molecular flexibility index (Phi) is 9.94. The van der Waals surface area contributed by atoms with Crippen molar-refractivity contribution in [2.24, 2.45) is 0 Å². The molecule has 8 rings (SSSR count). The Morgan fingerprint density at radius 2 is 1.74 bits per heavy atom. The van der Waals surface area contributed by atoms with Crippen molar-refractivity contribution in [3.05, 3.63) is 160 Å². The molecule has 4 aromatic carbocycles. The van der Waals surface area contributed by atoms with Gasteiger partial charge < -0.3 is 31.6 Å². The van der Waals surface area contributed by atoms with E-state index in [0.717, 1.165) is 92.5 Å². The van der Waals surface area contributed by atoms with Crippen molar-refractivity contribution in [1.29, 1.82) is 0 Å². The van der Waals surface area contributed by atoms with E-state index in [0.29, 0.717) is 22.0 Å². The first-order valence-corrected chi connectivity index (χ1v) is 17.4. The first-order valence-electron chi connectivity index (χ1n) is 17.0. The highest BCUT2D eigenvalue weighted by Crippen LogP contribution is 2.46. The summed E-state index contributed by atoms with van der Waals surface area (Å²) in [6, 6.07) is 26.4. The van der Waals surface area contributed by atoms with E-state index in [-0.39, 0.29) is 5.75 Å². The molecule has 7 N–H and O–H groups in total. The summed E-state index contributed by atoms with van der Waals surface area (Å²) in [5.74, 6) is 2.33. The number of benzene rings is 4. The number of carbonyl (C=O) groups excluding carboxylic acids is 1. The molecular formula is C43H37ClN6O3. The van der Waals surface area contributed by atoms with Crippen molar-refractivity contribution >= 4 is 34.8 Å². The van der Waals surface area contributed by atoms with E-state index in [1.807, 2.05) is 68.6 Å². The summed E-state index contributed by atoms with van der Waals surface area (Å²) in [7, 11) is 1.93. The number of nitrogen functional groups attached to an aromatic ring is 2. The molecule has 0 amide bonds. The van der Waals surface area contributed by atoms with Crippen LogP contribution in [0.5, 0.6) is 11.5 Å². The monoisotopic (exact) mass is 720 g/mol. The molecule has 9 nitrogen and oxygen atoms in total. The number of nitrogens with one attached hydrogen (secondary N) is 2. The molecule has 10 heteroatoms. The molecule has 53 heavy (non-hydrogen) atoms. The van der Waals surface area contributed by atoms with E-state index in [1.165, 1.54) is 5.56 Å². The summed E-state index contributed by atoms with van der Waals surface area (Å²) in [6.07, 6.45) is 11.3. The fourth-order valence-electron chi connectivity index (χ4n) is 6.54. The zero-order valence-electron chi connectivity index (χ0n) is 29.2. The zero-order chi connectivity index (χ0) is 37.1. The van der Waals surface area contributed by atoms with Crippen LogP contribution in [-0.2, 0) is 6.54 Å². The van der Waals surface area contributed by atoms with Crippen LogP contribution in [0.3, 0.4) is 0 Å². The molecule has 0 atom stereocenters. The SMILES string of the molecule is CNCc1ccc(-c2nc(-c3ccc(Cl)c(O)c3)c(-c3ccncc3)[nH]2)cc1.Cc1cc(N)cc2c1C(c1ccc(C=O)cc1N)=C1C=CCC=C1O2. The number of anilines is 2. The number of rotatable bonds is 7. The second-order valence-corrected chi connectivity index (χ2v) is 13.1. The molecule has 6 aromatic rings. The number of allylic oxidation sites excluding steroid dienone is 3. The van der Waals surface area contributed by atoms with Gasteiger partial charge in [-0.1, -0.05) is 66.2 Å². The van der Waals surface area contributed by atoms with E-state index < -0.39 is 0 Å². The molecule has 0 bridgehead atoms. The minimum Gasteiger partial charge on any atom is -0.506 e. The Morgan fingerprint density at radius 1 is 0.962 bits per heavy atom. The summed E-state index contributed by atoms with van der Waals surface area (Å²) in [4.78, 5) is 23.4. The third-order valence-corrected chi connectivity index (χ3v) is 9.35. The Hall–Kier alpha value is -6.42. The van der Waals surface area contributed by atoms with Gasteiger partial charge >= 0.3 is 0 Å². The van der Waals surface area contributed by atoms with Gasteiger partial charge in [0.1, 0.15) is 29.4 Å². The predicted octanol–water partition coefficient (Wildman–Crippen LogP) is 8.89. The third kappa shape index (κ3) is 7.21. The number of phenolic OH excluding ortho intramolecular Hbond substituents is 1. The van der Waals surface area contributed by atoms with Crippen molar-refractivity contribution in [2.75, 3.05) is 18.5 Å². The van der Waals surface area contributed by atoms with Crippen LogP contribution in [0.1, 0.15) is 39.0 Å². The zero-order valence-corrected chi connectivity index (χ0v) is 29.9. The minimum atomic E-state index is 0.0285. The summed E-state index contributed by atoms with van der Waals surface area (Å²) in [6.45, 7) is 2.83. The molecule has 2 aromatic heterocycles. The Morgan fingerprint density at radius 3 is 2.45 bits per heavy atom. The molecule has 0 saturated heterocycles. The van der Waals surface area contributed by atoms with Crippen LogP contribution in [0, 0.1) is 6.92 Å². The van der Waals surface area contributed by atoms with Gasteiger partial charge in [-0.2, -0.15) is 0 Å². The van der Waals surface area contributed by atoms with Crippen LogP contribution in [0.25, 0.3) is 39.5 Å². The lowest BCUT2D eigenvalue weighted by molar-refractivity contribution is 0.112. The van der Waals surface area contributed by atoms with Gasteiger partial charge in [0.25, 0.3) is 0 Å². The summed E-state index contributed by atoms with van der Waals surface area (Å²) < 4.78 is 6.11. The fraction of sp³-hybridized carbons (Fsp3) is 0.0930. The molecule has 0 spiro atoms. The van der Waals surface area contributed by atoms with Crippen LogP contribution in [0.15, 0.2) is 127 Å². The quantitative estimate of drug-likeness (QED) is 0.0810. The molecule has 0 unspecified atom stereocenters. The van der Waals surface area contributed by atoms with Gasteiger partial charge in [0.2, 0.25) is 0 Å². The summed E-state index contributed by atoms with van der Waals surface area (Å²) in [5, 5.41) is 13.5. The van der Waals surface area contributed by atoms with E-state index >= 15 is 0 Å². The lowest BCUT2D eigenvalue weighted by Crippen LogP contribution is -2.13. The number of ether oxygens (including phenoxy) is 1. The second kappa shape index (κ2) is 15.1. The second-order valence-electron chi connectivity index (χ2n) is 12.7. The van der Waals surface area contributed by atoms with Crippen molar-refractivity contribution < 1.29 is 14.6 Å². The number of imidazole rings is 1.